The lowest BCUT2D eigenvalue weighted by Gasteiger charge is -2.36. The van der Waals surface area contributed by atoms with E-state index in [1.165, 1.54) is 31.2 Å². The predicted molar refractivity (Wildman–Crippen MR) is 88.2 cm³/mol. The van der Waals surface area contributed by atoms with Gasteiger partial charge in [-0.1, -0.05) is 34.6 Å². The van der Waals surface area contributed by atoms with Crippen LogP contribution in [-0.4, -0.2) is 16.0 Å². The van der Waals surface area contributed by atoms with Gasteiger partial charge in [-0.25, -0.2) is 9.97 Å². The van der Waals surface area contributed by atoms with Gasteiger partial charge in [0.2, 0.25) is 0 Å². The van der Waals surface area contributed by atoms with Gasteiger partial charge in [0.05, 0.1) is 0 Å². The van der Waals surface area contributed by atoms with Crippen LogP contribution in [0.2, 0.25) is 0 Å². The fourth-order valence-electron chi connectivity index (χ4n) is 3.21. The van der Waals surface area contributed by atoms with Gasteiger partial charge in [-0.2, -0.15) is 0 Å². The number of hydrogen-bond acceptors (Lipinski definition) is 3. The Labute approximate surface area is 130 Å². The molecule has 1 saturated carbocycles. The Morgan fingerprint density at radius 3 is 2.14 bits per heavy atom. The second kappa shape index (κ2) is 6.87. The average Bonchev–Trinajstić information content (AvgIpc) is 2.45. The van der Waals surface area contributed by atoms with Crippen LogP contribution in [0.15, 0.2) is 12.4 Å². The van der Waals surface area contributed by atoms with Crippen molar-refractivity contribution in [2.75, 3.05) is 0 Å². The van der Waals surface area contributed by atoms with E-state index in [0.717, 1.165) is 18.3 Å². The zero-order valence-electron chi connectivity index (χ0n) is 14.3. The van der Waals surface area contributed by atoms with E-state index in [9.17, 15) is 0 Å². The van der Waals surface area contributed by atoms with Crippen LogP contribution in [0.4, 0.5) is 0 Å². The molecule has 21 heavy (non-hydrogen) atoms. The second-order valence-corrected chi connectivity index (χ2v) is 7.90. The third kappa shape index (κ3) is 4.77. The van der Waals surface area contributed by atoms with Gasteiger partial charge in [-0.05, 0) is 37.0 Å². The minimum Gasteiger partial charge on any atom is -0.310 e. The van der Waals surface area contributed by atoms with Crippen molar-refractivity contribution in [2.45, 2.75) is 78.8 Å². The minimum absolute atomic E-state index is 0.443. The van der Waals surface area contributed by atoms with Crippen LogP contribution in [0.3, 0.4) is 0 Å². The Kier molecular flexibility index (Phi) is 5.37. The molecule has 3 nitrogen and oxygen atoms in total. The van der Waals surface area contributed by atoms with Gasteiger partial charge in [0, 0.05) is 36.5 Å². The Balaban J connectivity index is 1.89. The van der Waals surface area contributed by atoms with Crippen molar-refractivity contribution in [1.82, 2.24) is 15.3 Å². The summed E-state index contributed by atoms with van der Waals surface area (Å²) in [5.41, 5.74) is 1.62. The summed E-state index contributed by atoms with van der Waals surface area (Å²) < 4.78 is 0. The molecule has 118 valence electrons. The number of rotatable bonds is 4. The van der Waals surface area contributed by atoms with Crippen molar-refractivity contribution < 1.29 is 0 Å². The molecule has 1 aromatic heterocycles. The minimum atomic E-state index is 0.443. The first-order valence-electron chi connectivity index (χ1n) is 8.40. The number of aromatic nitrogens is 2. The van der Waals surface area contributed by atoms with Crippen molar-refractivity contribution in [1.29, 1.82) is 0 Å². The van der Waals surface area contributed by atoms with Crippen molar-refractivity contribution in [3.8, 4) is 0 Å². The number of nitrogens with zero attached hydrogens (tertiary/aromatic N) is 2. The third-order valence-corrected chi connectivity index (χ3v) is 4.76. The molecule has 0 radical (unpaired) electrons. The summed E-state index contributed by atoms with van der Waals surface area (Å²) in [6, 6.07) is 0.498. The highest BCUT2D eigenvalue weighted by atomic mass is 14.9. The second-order valence-electron chi connectivity index (χ2n) is 7.90. The summed E-state index contributed by atoms with van der Waals surface area (Å²) in [6.45, 7) is 12.3. The Bertz CT molecular complexity index is 423. The van der Waals surface area contributed by atoms with Crippen molar-refractivity contribution in [3.63, 3.8) is 0 Å². The Hall–Kier alpha value is -0.960. The highest BCUT2D eigenvalue weighted by Crippen LogP contribution is 2.42. The SMILES string of the molecule is CC(C)NCc1cnc(C2CCC(C(C)(C)C)CC2)nc1. The summed E-state index contributed by atoms with van der Waals surface area (Å²) >= 11 is 0. The molecular formula is C18H31N3. The van der Waals surface area contributed by atoms with Gasteiger partial charge in [-0.15, -0.1) is 0 Å². The lowest BCUT2D eigenvalue weighted by atomic mass is 9.70. The molecular weight excluding hydrogens is 258 g/mol. The molecule has 0 bridgehead atoms. The molecule has 0 aromatic carbocycles. The highest BCUT2D eigenvalue weighted by Gasteiger charge is 2.31. The van der Waals surface area contributed by atoms with Crippen LogP contribution in [0.1, 0.15) is 77.6 Å². The fourth-order valence-corrected chi connectivity index (χ4v) is 3.21. The molecule has 0 saturated heterocycles. The van der Waals surface area contributed by atoms with E-state index >= 15 is 0 Å². The molecule has 0 aliphatic heterocycles. The van der Waals surface area contributed by atoms with Crippen molar-refractivity contribution >= 4 is 0 Å². The van der Waals surface area contributed by atoms with Gasteiger partial charge >= 0.3 is 0 Å². The van der Waals surface area contributed by atoms with Crippen LogP contribution in [0.5, 0.6) is 0 Å². The van der Waals surface area contributed by atoms with E-state index in [-0.39, 0.29) is 0 Å². The molecule has 1 N–H and O–H groups in total. The summed E-state index contributed by atoms with van der Waals surface area (Å²) in [4.78, 5) is 9.23. The molecule has 1 aliphatic carbocycles. The summed E-state index contributed by atoms with van der Waals surface area (Å²) in [5, 5.41) is 3.40. The molecule has 0 amide bonds. The Morgan fingerprint density at radius 2 is 1.67 bits per heavy atom. The molecule has 1 fully saturated rings. The molecule has 1 aromatic rings. The monoisotopic (exact) mass is 289 g/mol. The molecule has 0 spiro atoms. The maximum absolute atomic E-state index is 4.62. The fraction of sp³-hybridized carbons (Fsp3) is 0.778. The normalized spacial score (nSPS) is 23.5. The van der Waals surface area contributed by atoms with Gasteiger partial charge < -0.3 is 5.32 Å². The molecule has 0 atom stereocenters. The quantitative estimate of drug-likeness (QED) is 0.898. The summed E-state index contributed by atoms with van der Waals surface area (Å²) in [5.74, 6) is 2.47. The molecule has 2 rings (SSSR count). The predicted octanol–water partition coefficient (Wildman–Crippen LogP) is 4.29. The van der Waals surface area contributed by atoms with Crippen molar-refractivity contribution in [3.05, 3.63) is 23.8 Å². The molecule has 3 heteroatoms. The van der Waals surface area contributed by atoms with Gasteiger partial charge in [0.25, 0.3) is 0 Å². The number of nitrogens with one attached hydrogen (secondary N) is 1. The maximum Gasteiger partial charge on any atom is 0.131 e. The average molecular weight is 289 g/mol. The Morgan fingerprint density at radius 1 is 1.10 bits per heavy atom. The van der Waals surface area contributed by atoms with Crippen molar-refractivity contribution in [2.24, 2.45) is 11.3 Å². The zero-order chi connectivity index (χ0) is 15.5. The van der Waals surface area contributed by atoms with Crippen LogP contribution in [0, 0.1) is 11.3 Å². The smallest absolute Gasteiger partial charge is 0.131 e. The highest BCUT2D eigenvalue weighted by molar-refractivity contribution is 5.08. The van der Waals surface area contributed by atoms with E-state index in [1.54, 1.807) is 0 Å². The molecule has 0 unspecified atom stereocenters. The van der Waals surface area contributed by atoms with E-state index in [1.807, 2.05) is 12.4 Å². The van der Waals surface area contributed by atoms with Crippen LogP contribution >= 0.6 is 0 Å². The first kappa shape index (κ1) is 16.4. The zero-order valence-corrected chi connectivity index (χ0v) is 14.3. The number of hydrogen-bond donors (Lipinski definition) is 1. The lowest BCUT2D eigenvalue weighted by Crippen LogP contribution is -2.26. The topological polar surface area (TPSA) is 37.8 Å². The van der Waals surface area contributed by atoms with Crippen LogP contribution < -0.4 is 5.32 Å². The van der Waals surface area contributed by atoms with Crippen LogP contribution in [-0.2, 0) is 6.54 Å². The maximum atomic E-state index is 4.62. The largest absolute Gasteiger partial charge is 0.310 e. The van der Waals surface area contributed by atoms with Gasteiger partial charge in [0.1, 0.15) is 5.82 Å². The van der Waals surface area contributed by atoms with E-state index in [2.05, 4.69) is 49.9 Å². The van der Waals surface area contributed by atoms with Gasteiger partial charge in [0.15, 0.2) is 0 Å². The standard InChI is InChI=1S/C18H31N3/c1-13(2)19-10-14-11-20-17(21-12-14)15-6-8-16(9-7-15)18(3,4)5/h11-13,15-16,19H,6-10H2,1-5H3. The molecule has 1 aliphatic rings. The van der Waals surface area contributed by atoms with Gasteiger partial charge in [-0.3, -0.25) is 0 Å². The summed E-state index contributed by atoms with van der Waals surface area (Å²) in [7, 11) is 0. The third-order valence-electron chi connectivity index (χ3n) is 4.76. The first-order chi connectivity index (χ1) is 9.86. The van der Waals surface area contributed by atoms with Crippen LogP contribution in [0.25, 0.3) is 0 Å². The summed E-state index contributed by atoms with van der Waals surface area (Å²) in [6.07, 6.45) is 9.10. The first-order valence-corrected chi connectivity index (χ1v) is 8.40. The molecule has 1 heterocycles. The lowest BCUT2D eigenvalue weighted by molar-refractivity contribution is 0.167. The van der Waals surface area contributed by atoms with E-state index < -0.39 is 0 Å². The van der Waals surface area contributed by atoms with E-state index in [4.69, 9.17) is 0 Å². The van der Waals surface area contributed by atoms with E-state index in [0.29, 0.717) is 17.4 Å².